The van der Waals surface area contributed by atoms with Crippen molar-refractivity contribution in [3.8, 4) is 0 Å². The lowest BCUT2D eigenvalue weighted by atomic mass is 9.46. The molecule has 1 N–H and O–H groups in total. The number of allylic oxidation sites excluding steroid dienone is 2. The zero-order chi connectivity index (χ0) is 18.0. The van der Waals surface area contributed by atoms with E-state index in [0.717, 1.165) is 6.42 Å². The van der Waals surface area contributed by atoms with Crippen LogP contribution in [0, 0.1) is 22.7 Å². The summed E-state index contributed by atoms with van der Waals surface area (Å²) in [6.45, 7) is 7.19. The summed E-state index contributed by atoms with van der Waals surface area (Å²) in [4.78, 5) is 11.9. The number of ether oxygens (including phenoxy) is 1. The number of rotatable bonds is 1. The largest absolute Gasteiger partial charge is 0.503 e. The van der Waals surface area contributed by atoms with Gasteiger partial charge in [0.05, 0.1) is 5.03 Å². The average Bonchev–Trinajstić information content (AvgIpc) is 2.58. The van der Waals surface area contributed by atoms with Crippen molar-refractivity contribution >= 4 is 17.4 Å². The summed E-state index contributed by atoms with van der Waals surface area (Å²) in [6, 6.07) is 0. The highest BCUT2D eigenvalue weighted by atomic mass is 35.5. The molecule has 4 rings (SSSR count). The quantitative estimate of drug-likeness (QED) is 0.677. The number of fused-ring (bicyclic) bond motifs is 4. The smallest absolute Gasteiger partial charge is 0.225 e. The van der Waals surface area contributed by atoms with Crippen molar-refractivity contribution in [3.05, 3.63) is 34.3 Å². The van der Waals surface area contributed by atoms with E-state index in [1.54, 1.807) is 0 Å². The average molecular weight is 363 g/mol. The third kappa shape index (κ3) is 2.34. The van der Waals surface area contributed by atoms with Crippen LogP contribution in [0.2, 0.25) is 0 Å². The van der Waals surface area contributed by atoms with Crippen molar-refractivity contribution in [3.63, 3.8) is 0 Å². The zero-order valence-corrected chi connectivity index (χ0v) is 16.0. The van der Waals surface area contributed by atoms with Gasteiger partial charge in [-0.2, -0.15) is 0 Å². The molecule has 2 fully saturated rings. The van der Waals surface area contributed by atoms with E-state index in [0.29, 0.717) is 22.7 Å². The standard InChI is InChI=1S/C21H27ClO3/c1-4-20(2)8-5-9-21(3)13-10-12-16(11-14(23)19(24)18(12)22)25-15(13)6-7-17(20)21/h10-11,13,15,17,24H,4-9H2,1-3H3. The molecule has 1 heterocycles. The molecule has 0 saturated heterocycles. The highest BCUT2D eigenvalue weighted by Gasteiger charge is 2.57. The van der Waals surface area contributed by atoms with Crippen molar-refractivity contribution in [1.29, 1.82) is 0 Å². The molecule has 0 bridgehead atoms. The van der Waals surface area contributed by atoms with Gasteiger partial charge in [0.15, 0.2) is 5.76 Å². The van der Waals surface area contributed by atoms with E-state index in [1.807, 2.05) is 0 Å². The second kappa shape index (κ2) is 5.64. The lowest BCUT2D eigenvalue weighted by molar-refractivity contribution is -0.124. The Balaban J connectivity index is 1.78. The van der Waals surface area contributed by atoms with Crippen molar-refractivity contribution in [2.24, 2.45) is 22.7 Å². The van der Waals surface area contributed by atoms with Gasteiger partial charge < -0.3 is 9.84 Å². The van der Waals surface area contributed by atoms with Crippen LogP contribution < -0.4 is 0 Å². The van der Waals surface area contributed by atoms with Crippen molar-refractivity contribution in [1.82, 2.24) is 0 Å². The van der Waals surface area contributed by atoms with E-state index in [-0.39, 0.29) is 28.2 Å². The van der Waals surface area contributed by atoms with E-state index < -0.39 is 5.78 Å². The minimum Gasteiger partial charge on any atom is -0.503 e. The van der Waals surface area contributed by atoms with Gasteiger partial charge in [-0.1, -0.05) is 51.3 Å². The Morgan fingerprint density at radius 2 is 2.08 bits per heavy atom. The van der Waals surface area contributed by atoms with E-state index in [4.69, 9.17) is 16.3 Å². The van der Waals surface area contributed by atoms with E-state index in [9.17, 15) is 9.90 Å². The normalized spacial score (nSPS) is 43.4. The zero-order valence-electron chi connectivity index (χ0n) is 15.3. The maximum atomic E-state index is 11.9. The molecule has 5 unspecified atom stereocenters. The van der Waals surface area contributed by atoms with Gasteiger partial charge in [0.25, 0.3) is 0 Å². The van der Waals surface area contributed by atoms with Crippen LogP contribution in [0.4, 0.5) is 0 Å². The summed E-state index contributed by atoms with van der Waals surface area (Å²) in [5.41, 5.74) is 1.26. The first-order valence-corrected chi connectivity index (χ1v) is 9.92. The monoisotopic (exact) mass is 362 g/mol. The Hall–Kier alpha value is -1.22. The van der Waals surface area contributed by atoms with E-state index in [1.165, 1.54) is 38.2 Å². The van der Waals surface area contributed by atoms with Gasteiger partial charge in [0.2, 0.25) is 5.78 Å². The molecule has 3 aliphatic carbocycles. The van der Waals surface area contributed by atoms with Gasteiger partial charge in [-0.15, -0.1) is 0 Å². The van der Waals surface area contributed by atoms with Crippen LogP contribution in [-0.4, -0.2) is 17.0 Å². The van der Waals surface area contributed by atoms with Gasteiger partial charge in [-0.3, -0.25) is 4.79 Å². The fraction of sp³-hybridized carbons (Fsp3) is 0.667. The van der Waals surface area contributed by atoms with Crippen LogP contribution in [0.1, 0.15) is 59.3 Å². The van der Waals surface area contributed by atoms with Crippen LogP contribution in [0.3, 0.4) is 0 Å². The minimum atomic E-state index is -0.466. The van der Waals surface area contributed by atoms with E-state index in [2.05, 4.69) is 26.8 Å². The number of aliphatic hydroxyl groups is 1. The molecule has 3 nitrogen and oxygen atoms in total. The Labute approximate surface area is 154 Å². The summed E-state index contributed by atoms with van der Waals surface area (Å²) in [5.74, 6) is 0.655. The Bertz CT molecular complexity index is 719. The fourth-order valence-corrected chi connectivity index (χ4v) is 6.34. The van der Waals surface area contributed by atoms with Crippen LogP contribution in [0.25, 0.3) is 0 Å². The van der Waals surface area contributed by atoms with Crippen molar-refractivity contribution < 1.29 is 14.6 Å². The molecular weight excluding hydrogens is 336 g/mol. The number of aliphatic hydroxyl groups excluding tert-OH is 1. The Kier molecular flexibility index (Phi) is 3.88. The van der Waals surface area contributed by atoms with Gasteiger partial charge in [-0.25, -0.2) is 0 Å². The first-order chi connectivity index (χ1) is 11.8. The molecular formula is C21H27ClO3. The topological polar surface area (TPSA) is 46.5 Å². The summed E-state index contributed by atoms with van der Waals surface area (Å²) in [7, 11) is 0. The van der Waals surface area contributed by atoms with Gasteiger partial charge in [0.1, 0.15) is 11.9 Å². The lowest BCUT2D eigenvalue weighted by Gasteiger charge is -2.60. The van der Waals surface area contributed by atoms with Crippen LogP contribution in [0.5, 0.6) is 0 Å². The van der Waals surface area contributed by atoms with Crippen LogP contribution >= 0.6 is 11.6 Å². The predicted octanol–water partition coefficient (Wildman–Crippen LogP) is 5.42. The van der Waals surface area contributed by atoms with Crippen molar-refractivity contribution in [2.45, 2.75) is 65.4 Å². The maximum Gasteiger partial charge on any atom is 0.225 e. The summed E-state index contributed by atoms with van der Waals surface area (Å²) in [6.07, 6.45) is 10.8. The number of carbonyl (C=O) groups is 1. The molecule has 0 aromatic carbocycles. The van der Waals surface area contributed by atoms with Crippen molar-refractivity contribution in [2.75, 3.05) is 0 Å². The van der Waals surface area contributed by atoms with Gasteiger partial charge >= 0.3 is 0 Å². The lowest BCUT2D eigenvalue weighted by Crippen LogP contribution is -2.54. The van der Waals surface area contributed by atoms with Gasteiger partial charge in [-0.05, 0) is 42.4 Å². The number of hydrogen-bond donors (Lipinski definition) is 1. The fourth-order valence-electron chi connectivity index (χ4n) is 6.09. The molecule has 0 radical (unpaired) electrons. The first kappa shape index (κ1) is 17.2. The molecule has 136 valence electrons. The molecule has 25 heavy (non-hydrogen) atoms. The maximum absolute atomic E-state index is 11.9. The molecule has 4 heteroatoms. The second-order valence-corrected chi connectivity index (χ2v) is 9.17. The molecule has 2 saturated carbocycles. The summed E-state index contributed by atoms with van der Waals surface area (Å²) >= 11 is 6.29. The molecule has 0 aromatic heterocycles. The molecule has 4 aliphatic rings. The van der Waals surface area contributed by atoms with Crippen LogP contribution in [-0.2, 0) is 9.53 Å². The molecule has 1 aliphatic heterocycles. The minimum absolute atomic E-state index is 0.105. The molecule has 5 atom stereocenters. The highest BCUT2D eigenvalue weighted by molar-refractivity contribution is 6.35. The van der Waals surface area contributed by atoms with Crippen LogP contribution in [0.15, 0.2) is 34.3 Å². The van der Waals surface area contributed by atoms with Gasteiger partial charge in [0, 0.05) is 17.6 Å². The summed E-state index contributed by atoms with van der Waals surface area (Å²) < 4.78 is 6.24. The Morgan fingerprint density at radius 3 is 2.80 bits per heavy atom. The number of carbonyl (C=O) groups excluding carboxylic acids is 1. The third-order valence-corrected chi connectivity index (χ3v) is 8.02. The second-order valence-electron chi connectivity index (χ2n) is 8.79. The molecule has 0 aromatic rings. The third-order valence-electron chi connectivity index (χ3n) is 7.64. The number of hydrogen-bond acceptors (Lipinski definition) is 3. The summed E-state index contributed by atoms with van der Waals surface area (Å²) in [5, 5.41) is 10.1. The predicted molar refractivity (Wildman–Crippen MR) is 98.1 cm³/mol. The number of halogens is 1. The SMILES string of the molecule is CCC1(C)CCCC2(C)C3C=C4C(=CC(=O)C(O)=C4Cl)OC3CCC12. The van der Waals surface area contributed by atoms with E-state index >= 15 is 0 Å². The highest BCUT2D eigenvalue weighted by Crippen LogP contribution is 2.63. The first-order valence-electron chi connectivity index (χ1n) is 9.54. The molecule has 0 spiro atoms. The molecule has 0 amide bonds. The Morgan fingerprint density at radius 1 is 1.32 bits per heavy atom. The number of ketones is 1.